The Labute approximate surface area is 195 Å². The lowest BCUT2D eigenvalue weighted by atomic mass is 10.1. The first kappa shape index (κ1) is 25.2. The second-order valence-corrected chi connectivity index (χ2v) is 7.01. The van der Waals surface area contributed by atoms with Crippen LogP contribution in [0, 0.1) is 5.82 Å². The van der Waals surface area contributed by atoms with Gasteiger partial charge in [-0.15, -0.1) is 24.0 Å². The van der Waals surface area contributed by atoms with E-state index >= 15 is 0 Å². The number of piperazine rings is 1. The van der Waals surface area contributed by atoms with Crippen molar-refractivity contribution in [3.63, 3.8) is 0 Å². The average molecular weight is 552 g/mol. The molecule has 1 fully saturated rings. The summed E-state index contributed by atoms with van der Waals surface area (Å²) >= 11 is 0. The molecule has 0 radical (unpaired) electrons. The van der Waals surface area contributed by atoms with E-state index in [2.05, 4.69) is 10.3 Å². The van der Waals surface area contributed by atoms with Gasteiger partial charge >= 0.3 is 6.18 Å². The summed E-state index contributed by atoms with van der Waals surface area (Å²) in [7, 11) is 1.66. The predicted molar refractivity (Wildman–Crippen MR) is 123 cm³/mol. The van der Waals surface area contributed by atoms with E-state index < -0.39 is 17.6 Å². The van der Waals surface area contributed by atoms with Crippen molar-refractivity contribution in [1.82, 2.24) is 10.2 Å². The van der Waals surface area contributed by atoms with Crippen LogP contribution in [0.1, 0.15) is 16.7 Å². The Hall–Kier alpha value is -2.08. The first-order valence-electron chi connectivity index (χ1n) is 9.58. The molecule has 5 nitrogen and oxygen atoms in total. The number of halogens is 5. The summed E-state index contributed by atoms with van der Waals surface area (Å²) in [6.07, 6.45) is -4.36. The molecule has 0 atom stereocenters. The van der Waals surface area contributed by atoms with E-state index in [9.17, 15) is 22.7 Å². The van der Waals surface area contributed by atoms with Crippen LogP contribution in [-0.4, -0.2) is 49.2 Å². The maximum absolute atomic E-state index is 13.5. The molecule has 0 aromatic heterocycles. The van der Waals surface area contributed by atoms with Gasteiger partial charge in [-0.05, 0) is 35.9 Å². The Balaban J connectivity index is 0.00000341. The van der Waals surface area contributed by atoms with Crippen molar-refractivity contribution >= 4 is 35.6 Å². The minimum absolute atomic E-state index is 0. The molecule has 1 aliphatic rings. The molecule has 0 aliphatic carbocycles. The molecular formula is C21H25F4IN4O. The maximum Gasteiger partial charge on any atom is 0.416 e. The van der Waals surface area contributed by atoms with Crippen LogP contribution < -0.4 is 10.2 Å². The molecule has 0 bridgehead atoms. The van der Waals surface area contributed by atoms with Gasteiger partial charge in [-0.1, -0.05) is 12.1 Å². The first-order chi connectivity index (χ1) is 14.3. The molecule has 170 valence electrons. The minimum atomic E-state index is -4.36. The third kappa shape index (κ3) is 6.45. The van der Waals surface area contributed by atoms with E-state index in [0.29, 0.717) is 44.4 Å². The number of nitrogens with zero attached hydrogens (tertiary/aromatic N) is 3. The number of hydrogen-bond acceptors (Lipinski definition) is 3. The number of guanidine groups is 1. The second kappa shape index (κ2) is 11.0. The van der Waals surface area contributed by atoms with Crippen LogP contribution in [0.3, 0.4) is 0 Å². The van der Waals surface area contributed by atoms with Gasteiger partial charge in [-0.3, -0.25) is 4.99 Å². The monoisotopic (exact) mass is 552 g/mol. The van der Waals surface area contributed by atoms with Gasteiger partial charge in [0.2, 0.25) is 0 Å². The van der Waals surface area contributed by atoms with Crippen molar-refractivity contribution in [2.75, 3.05) is 38.1 Å². The maximum atomic E-state index is 13.5. The van der Waals surface area contributed by atoms with Gasteiger partial charge in [0.15, 0.2) is 5.96 Å². The predicted octanol–water partition coefficient (Wildman–Crippen LogP) is 3.85. The number of aliphatic hydroxyl groups is 1. The van der Waals surface area contributed by atoms with Gasteiger partial charge in [-0.2, -0.15) is 13.2 Å². The summed E-state index contributed by atoms with van der Waals surface area (Å²) in [4.78, 5) is 8.22. The minimum Gasteiger partial charge on any atom is -0.392 e. The summed E-state index contributed by atoms with van der Waals surface area (Å²) < 4.78 is 52.4. The number of anilines is 1. The lowest BCUT2D eigenvalue weighted by molar-refractivity contribution is -0.137. The molecular weight excluding hydrogens is 527 g/mol. The topological polar surface area (TPSA) is 51.1 Å². The number of benzene rings is 2. The number of rotatable bonds is 4. The fraction of sp³-hybridized carbons (Fsp3) is 0.381. The third-order valence-corrected chi connectivity index (χ3v) is 5.06. The van der Waals surface area contributed by atoms with Gasteiger partial charge in [0.05, 0.1) is 12.2 Å². The molecule has 1 aliphatic heterocycles. The zero-order chi connectivity index (χ0) is 21.7. The summed E-state index contributed by atoms with van der Waals surface area (Å²) in [6.45, 7) is 2.36. The van der Waals surface area contributed by atoms with Crippen molar-refractivity contribution in [1.29, 1.82) is 0 Å². The van der Waals surface area contributed by atoms with Crippen molar-refractivity contribution in [3.05, 3.63) is 65.0 Å². The molecule has 1 saturated heterocycles. The first-order valence-corrected chi connectivity index (χ1v) is 9.58. The van der Waals surface area contributed by atoms with Crippen molar-refractivity contribution in [2.24, 2.45) is 4.99 Å². The van der Waals surface area contributed by atoms with Crippen LogP contribution in [0.25, 0.3) is 0 Å². The van der Waals surface area contributed by atoms with Gasteiger partial charge in [0, 0.05) is 51.0 Å². The Morgan fingerprint density at radius 1 is 1.10 bits per heavy atom. The van der Waals surface area contributed by atoms with Gasteiger partial charge in [0.1, 0.15) is 5.82 Å². The van der Waals surface area contributed by atoms with Gasteiger partial charge in [-0.25, -0.2) is 4.39 Å². The average Bonchev–Trinajstić information content (AvgIpc) is 2.75. The van der Waals surface area contributed by atoms with Crippen molar-refractivity contribution in [2.45, 2.75) is 19.3 Å². The fourth-order valence-corrected chi connectivity index (χ4v) is 3.43. The van der Waals surface area contributed by atoms with Crippen LogP contribution in [0.5, 0.6) is 0 Å². The molecule has 0 amide bonds. The largest absolute Gasteiger partial charge is 0.416 e. The zero-order valence-electron chi connectivity index (χ0n) is 17.0. The normalized spacial score (nSPS) is 15.0. The number of alkyl halides is 3. The molecule has 2 aromatic rings. The van der Waals surface area contributed by atoms with Crippen LogP contribution >= 0.6 is 24.0 Å². The van der Waals surface area contributed by atoms with Crippen molar-refractivity contribution < 1.29 is 22.7 Å². The highest BCUT2D eigenvalue weighted by Crippen LogP contribution is 2.31. The second-order valence-electron chi connectivity index (χ2n) is 7.01. The Kier molecular flexibility index (Phi) is 8.92. The molecule has 3 rings (SSSR count). The molecule has 31 heavy (non-hydrogen) atoms. The van der Waals surface area contributed by atoms with Crippen LogP contribution in [-0.2, 0) is 19.3 Å². The number of hydrogen-bond donors (Lipinski definition) is 2. The van der Waals surface area contributed by atoms with E-state index in [-0.39, 0.29) is 36.1 Å². The highest BCUT2D eigenvalue weighted by Gasteiger charge is 2.31. The van der Waals surface area contributed by atoms with Crippen LogP contribution in [0.15, 0.2) is 47.5 Å². The van der Waals surface area contributed by atoms with Crippen LogP contribution in [0.4, 0.5) is 23.2 Å². The molecule has 0 saturated carbocycles. The lowest BCUT2D eigenvalue weighted by Gasteiger charge is -2.37. The molecule has 2 N–H and O–H groups in total. The number of aliphatic imine (C=N–C) groups is 1. The third-order valence-electron chi connectivity index (χ3n) is 5.06. The van der Waals surface area contributed by atoms with E-state index in [1.54, 1.807) is 25.2 Å². The summed E-state index contributed by atoms with van der Waals surface area (Å²) in [5.41, 5.74) is 0.944. The highest BCUT2D eigenvalue weighted by molar-refractivity contribution is 14.0. The quantitative estimate of drug-likeness (QED) is 0.262. The van der Waals surface area contributed by atoms with E-state index in [1.807, 2.05) is 9.80 Å². The highest BCUT2D eigenvalue weighted by atomic mass is 127. The summed E-state index contributed by atoms with van der Waals surface area (Å²) in [6, 6.07) is 9.92. The van der Waals surface area contributed by atoms with E-state index in [1.165, 1.54) is 18.2 Å². The Morgan fingerprint density at radius 3 is 2.42 bits per heavy atom. The fourth-order valence-electron chi connectivity index (χ4n) is 3.43. The molecule has 10 heteroatoms. The summed E-state index contributed by atoms with van der Waals surface area (Å²) in [5.74, 6) is 0.213. The Bertz CT molecular complexity index is 899. The Morgan fingerprint density at radius 2 is 1.81 bits per heavy atom. The SMILES string of the molecule is CN=C(NCc1ccc(F)c(CO)c1)N1CCN(c2cccc(C(F)(F)F)c2)CC1.I. The number of nitrogens with one attached hydrogen (secondary N) is 1. The smallest absolute Gasteiger partial charge is 0.392 e. The lowest BCUT2D eigenvalue weighted by Crippen LogP contribution is -2.52. The zero-order valence-corrected chi connectivity index (χ0v) is 19.3. The summed E-state index contributed by atoms with van der Waals surface area (Å²) in [5, 5.41) is 12.4. The van der Waals surface area contributed by atoms with E-state index in [4.69, 9.17) is 0 Å². The van der Waals surface area contributed by atoms with Crippen LogP contribution in [0.2, 0.25) is 0 Å². The van der Waals surface area contributed by atoms with E-state index in [0.717, 1.165) is 11.6 Å². The molecule has 2 aromatic carbocycles. The van der Waals surface area contributed by atoms with Gasteiger partial charge in [0.25, 0.3) is 0 Å². The molecule has 1 heterocycles. The number of aliphatic hydroxyl groups excluding tert-OH is 1. The van der Waals surface area contributed by atoms with Gasteiger partial charge < -0.3 is 20.2 Å². The molecule has 0 unspecified atom stereocenters. The van der Waals surface area contributed by atoms with Crippen molar-refractivity contribution in [3.8, 4) is 0 Å². The molecule has 0 spiro atoms. The standard InChI is InChI=1S/C21H24F4N4O.HI/c1-26-20(27-13-15-5-6-19(22)16(11-15)14-30)29-9-7-28(8-10-29)18-4-2-3-17(12-18)21(23,24)25;/h2-6,11-12,30H,7-10,13-14H2,1H3,(H,26,27);1H.